The van der Waals surface area contributed by atoms with E-state index in [1.54, 1.807) is 0 Å². The van der Waals surface area contributed by atoms with Gasteiger partial charge in [0.05, 0.1) is 42.5 Å². The van der Waals surface area contributed by atoms with Crippen molar-refractivity contribution in [1.29, 1.82) is 0 Å². The topological polar surface area (TPSA) is 38.9 Å². The van der Waals surface area contributed by atoms with Crippen molar-refractivity contribution in [3.8, 4) is 66.9 Å². The lowest BCUT2D eigenvalue weighted by Gasteiger charge is -2.08. The van der Waals surface area contributed by atoms with Crippen molar-refractivity contribution in [1.82, 2.24) is 9.97 Å². The maximum Gasteiger partial charge on any atom is 0.180 e. The summed E-state index contributed by atoms with van der Waals surface area (Å²) in [6.07, 6.45) is -0.964. The highest BCUT2D eigenvalue weighted by Gasteiger charge is 2.17. The molecule has 0 unspecified atom stereocenters. The quantitative estimate of drug-likeness (QED) is 0.169. The Morgan fingerprint density at radius 3 is 1.71 bits per heavy atom. The van der Waals surface area contributed by atoms with E-state index >= 15 is 0 Å². The predicted octanol–water partition coefficient (Wildman–Crippen LogP) is 14.7. The Morgan fingerprint density at radius 2 is 0.946 bits per heavy atom. The van der Waals surface area contributed by atoms with Gasteiger partial charge in [-0.1, -0.05) is 157 Å². The van der Waals surface area contributed by atoms with Gasteiger partial charge in [-0.05, 0) is 85.8 Å². The van der Waals surface area contributed by atoms with Gasteiger partial charge in [0.15, 0.2) is 5.58 Å². The highest BCUT2D eigenvalue weighted by molar-refractivity contribution is 7.26. The number of aromatic nitrogens is 2. The molecule has 11 rings (SSSR count). The molecule has 0 bridgehead atoms. The zero-order chi connectivity index (χ0) is 64.9. The van der Waals surface area contributed by atoms with E-state index in [2.05, 4.69) is 9.97 Å². The van der Waals surface area contributed by atoms with Gasteiger partial charge in [-0.2, -0.15) is 0 Å². The summed E-state index contributed by atoms with van der Waals surface area (Å²) >= 11 is 0.656. The number of benzene rings is 8. The van der Waals surface area contributed by atoms with E-state index in [0.717, 1.165) is 0 Å². The highest BCUT2D eigenvalue weighted by Crippen LogP contribution is 2.41. The minimum Gasteiger partial charge on any atom is -0.452 e. The van der Waals surface area contributed by atoms with Crippen LogP contribution in [0.25, 0.3) is 109 Å². The molecule has 0 spiro atoms. The molecule has 0 atom stereocenters. The van der Waals surface area contributed by atoms with Gasteiger partial charge in [0.2, 0.25) is 0 Å². The zero-order valence-corrected chi connectivity index (χ0v) is 28.5. The number of fused-ring (bicyclic) bond motifs is 6. The number of thiophene rings is 1. The van der Waals surface area contributed by atoms with Gasteiger partial charge in [0, 0.05) is 31.1 Å². The van der Waals surface area contributed by atoms with E-state index < -0.39 is 283 Å². The predicted molar refractivity (Wildman–Crippen MR) is 235 cm³/mol. The molecule has 0 aliphatic carbocycles. The van der Waals surface area contributed by atoms with Gasteiger partial charge in [0.1, 0.15) is 24.5 Å². The van der Waals surface area contributed by atoms with Crippen LogP contribution in [0.3, 0.4) is 0 Å². The fourth-order valence-corrected chi connectivity index (χ4v) is 6.90. The van der Waals surface area contributed by atoms with Gasteiger partial charge in [0.25, 0.3) is 0 Å². The Kier molecular flexibility index (Phi) is 3.22. The second-order valence-corrected chi connectivity index (χ2v) is 12.7. The normalized spacial score (nSPS) is 19.6. The zero-order valence-electron chi connectivity index (χ0n) is 59.7. The van der Waals surface area contributed by atoms with Crippen molar-refractivity contribution in [2.24, 2.45) is 0 Å². The monoisotopic (exact) mass is 764 g/mol. The Labute approximate surface area is 372 Å². The third kappa shape index (κ3) is 5.58. The molecule has 11 aromatic rings. The minimum absolute atomic E-state index is 0.100. The lowest BCUT2D eigenvalue weighted by molar-refractivity contribution is 0.667. The molecule has 0 amide bonds. The summed E-state index contributed by atoms with van der Waals surface area (Å²) < 4.78 is 290. The van der Waals surface area contributed by atoms with Gasteiger partial charge in [-0.3, -0.25) is 0 Å². The van der Waals surface area contributed by atoms with Gasteiger partial charge in [-0.25, -0.2) is 9.97 Å². The highest BCUT2D eigenvalue weighted by atomic mass is 32.1. The molecular formula is C52H32N2OS. The molecule has 0 fully saturated rings. The third-order valence-corrected chi connectivity index (χ3v) is 9.52. The van der Waals surface area contributed by atoms with Crippen molar-refractivity contribution in [3.63, 3.8) is 0 Å². The van der Waals surface area contributed by atoms with Crippen LogP contribution in [0.4, 0.5) is 0 Å². The summed E-state index contributed by atoms with van der Waals surface area (Å²) in [7, 11) is 0. The number of nitrogens with zero attached hydrogens (tertiary/aromatic N) is 2. The van der Waals surface area contributed by atoms with Crippen LogP contribution in [0.1, 0.15) is 43.9 Å². The van der Waals surface area contributed by atoms with E-state index in [1.165, 1.54) is 0 Å². The smallest absolute Gasteiger partial charge is 0.180 e. The summed E-state index contributed by atoms with van der Waals surface area (Å²) in [5.74, 6) is 0. The van der Waals surface area contributed by atoms with Gasteiger partial charge >= 0.3 is 0 Å². The summed E-state index contributed by atoms with van der Waals surface area (Å²) in [4.78, 5) is 8.17. The second kappa shape index (κ2) is 13.3. The van der Waals surface area contributed by atoms with Crippen molar-refractivity contribution >= 4 is 53.6 Å². The molecule has 0 aliphatic rings. The van der Waals surface area contributed by atoms with Crippen LogP contribution in [-0.4, -0.2) is 9.97 Å². The Balaban J connectivity index is 1.13. The molecule has 3 aromatic heterocycles. The first-order chi connectivity index (χ1) is 41.1. The number of hydrogen-bond donors (Lipinski definition) is 0. The number of hydrogen-bond acceptors (Lipinski definition) is 4. The molecule has 3 heterocycles. The molecule has 0 saturated heterocycles. The van der Waals surface area contributed by atoms with Crippen LogP contribution in [0.5, 0.6) is 0 Å². The number of furan rings is 1. The first-order valence-corrected chi connectivity index (χ1v) is 17.0. The Hall–Kier alpha value is -7.14. The molecule has 0 N–H and O–H groups in total. The average molecular weight is 765 g/mol. The fraction of sp³-hybridized carbons (Fsp3) is 0. The fourth-order valence-electron chi connectivity index (χ4n) is 5.82. The van der Waals surface area contributed by atoms with Crippen LogP contribution in [0.15, 0.2) is 198 Å². The van der Waals surface area contributed by atoms with Crippen molar-refractivity contribution < 1.29 is 48.3 Å². The van der Waals surface area contributed by atoms with E-state index in [0.29, 0.717) is 11.3 Å². The van der Waals surface area contributed by atoms with Gasteiger partial charge in [-0.15, -0.1) is 11.3 Å². The molecule has 0 radical (unpaired) electrons. The standard InChI is InChI=1S/C52H32N2OS/c1-2-9-33(10-3-1)34-19-21-35(22-20-34)38-11-6-13-40(29-38)41-27-28-47-46(31-41)50-51(55-47)49(53-32-54-50)42-14-7-12-39(30-42)36-23-25-37(26-24-36)43-16-8-17-45-44-15-4-5-18-48(44)56-52(43)45/h1-32H/i1D,2D,3D,4D,5D,6D,7D,8D,9D,10D,11D,12D,13D,14D,15D,16D,17D,18D,19D,20D,21D,22D,23D,24D,25D,26D,27D,28D,29D,30D,31D,32D. The molecular weight excluding hydrogens is 701 g/mol. The van der Waals surface area contributed by atoms with Crippen LogP contribution in [-0.2, 0) is 0 Å². The summed E-state index contributed by atoms with van der Waals surface area (Å²) in [5.41, 5.74) is -11.0. The Bertz CT molecular complexity index is 5050. The van der Waals surface area contributed by atoms with Crippen LogP contribution in [0.2, 0.25) is 0 Å². The summed E-state index contributed by atoms with van der Waals surface area (Å²) in [6.45, 7) is 0. The van der Waals surface area contributed by atoms with Crippen LogP contribution >= 0.6 is 11.3 Å². The third-order valence-electron chi connectivity index (χ3n) is 8.40. The summed E-state index contributed by atoms with van der Waals surface area (Å²) in [6, 6.07) is -27.9. The van der Waals surface area contributed by atoms with E-state index in [4.69, 9.17) is 35.9 Å². The first-order valence-electron chi connectivity index (χ1n) is 32.2. The first kappa shape index (κ1) is 13.6. The number of rotatable bonds is 6. The average Bonchev–Trinajstić information content (AvgIpc) is 1.37. The summed E-state index contributed by atoms with van der Waals surface area (Å²) in [5, 5.41) is -0.995. The van der Waals surface area contributed by atoms with Crippen molar-refractivity contribution in [2.45, 2.75) is 0 Å². The maximum atomic E-state index is 9.58. The second-order valence-electron chi connectivity index (χ2n) is 11.7. The minimum atomic E-state index is -1.05. The molecule has 3 nitrogen and oxygen atoms in total. The SMILES string of the molecule is [2H]c1nc(-c2c([2H])c([2H])c([2H])c(-c3c([2H])c([2H])c(-c4c([2H])c([2H])c([2H])c5c4sc4c([2H])c([2H])c([2H])c([2H])c45)c([2H])c3[2H])c2[2H])c2oc3c([2H])c([2H])c(-c4c([2H])c([2H])c([2H])c(-c5c([2H])c([2H])c(-c6c([2H])c([2H])c([2H])c([2H])c6[2H])c([2H])c5[2H])c4[2H])c([2H])c3c2n1. The largest absolute Gasteiger partial charge is 0.452 e. The molecule has 4 heteroatoms. The van der Waals surface area contributed by atoms with Gasteiger partial charge < -0.3 is 4.42 Å². The van der Waals surface area contributed by atoms with E-state index in [9.17, 15) is 12.3 Å². The molecule has 0 aliphatic heterocycles. The van der Waals surface area contributed by atoms with E-state index in [1.807, 2.05) is 0 Å². The van der Waals surface area contributed by atoms with Crippen molar-refractivity contribution in [2.75, 3.05) is 0 Å². The molecule has 8 aromatic carbocycles. The van der Waals surface area contributed by atoms with Crippen LogP contribution in [0, 0.1) is 0 Å². The lowest BCUT2D eigenvalue weighted by Crippen LogP contribution is -1.88. The lowest BCUT2D eigenvalue weighted by atomic mass is 9.96. The Morgan fingerprint density at radius 1 is 0.411 bits per heavy atom. The van der Waals surface area contributed by atoms with Crippen molar-refractivity contribution in [3.05, 3.63) is 194 Å². The maximum absolute atomic E-state index is 9.58. The molecule has 56 heavy (non-hydrogen) atoms. The van der Waals surface area contributed by atoms with Crippen LogP contribution < -0.4 is 0 Å². The van der Waals surface area contributed by atoms with E-state index in [-0.39, 0.29) is 20.2 Å². The molecule has 0 saturated carbocycles. The molecule has 262 valence electrons.